The largest absolute Gasteiger partial charge is 0.316 e. The van der Waals surface area contributed by atoms with Crippen LogP contribution in [-0.2, 0) is 0 Å². The van der Waals surface area contributed by atoms with Gasteiger partial charge in [-0.2, -0.15) is 0 Å². The van der Waals surface area contributed by atoms with E-state index < -0.39 is 15.9 Å². The van der Waals surface area contributed by atoms with Crippen molar-refractivity contribution in [3.8, 4) is 0 Å². The molecule has 0 aliphatic heterocycles. The molecule has 0 radical (unpaired) electrons. The van der Waals surface area contributed by atoms with Gasteiger partial charge in [0.2, 0.25) is 0 Å². The molecule has 1 atom stereocenters. The van der Waals surface area contributed by atoms with Crippen LogP contribution >= 0.6 is 0 Å². The second-order valence-corrected chi connectivity index (χ2v) is 19.8. The molecular formula is C7H22N2Si2. The Labute approximate surface area is 72.8 Å². The highest BCUT2D eigenvalue weighted by Crippen LogP contribution is 2.11. The van der Waals surface area contributed by atoms with Crippen LogP contribution in [0.15, 0.2) is 0 Å². The first kappa shape index (κ1) is 11.4. The van der Waals surface area contributed by atoms with Crippen LogP contribution in [-0.4, -0.2) is 22.1 Å². The summed E-state index contributed by atoms with van der Waals surface area (Å²) in [5.74, 6) is 0. The molecule has 0 fully saturated rings. The van der Waals surface area contributed by atoms with Crippen LogP contribution in [0.4, 0.5) is 0 Å². The second kappa shape index (κ2) is 4.40. The quantitative estimate of drug-likeness (QED) is 0.511. The second-order valence-electron chi connectivity index (χ2n) is 4.51. The summed E-state index contributed by atoms with van der Waals surface area (Å²) in [6, 6.07) is 1.33. The zero-order valence-electron chi connectivity index (χ0n) is 8.22. The minimum absolute atomic E-state index is 0.0821. The van der Waals surface area contributed by atoms with E-state index in [9.17, 15) is 0 Å². The van der Waals surface area contributed by atoms with Crippen molar-refractivity contribution < 1.29 is 0 Å². The maximum Gasteiger partial charge on any atom is 0.0517 e. The molecule has 0 aliphatic rings. The number of hydrogen-bond acceptors (Lipinski definition) is 2. The van der Waals surface area contributed by atoms with Gasteiger partial charge in [0.05, 0.1) is 6.17 Å². The van der Waals surface area contributed by atoms with Crippen molar-refractivity contribution in [1.82, 2.24) is 0 Å². The van der Waals surface area contributed by atoms with E-state index in [0.717, 1.165) is 6.42 Å². The summed E-state index contributed by atoms with van der Waals surface area (Å²) in [5.41, 5.74) is 11.0. The summed E-state index contributed by atoms with van der Waals surface area (Å²) < 4.78 is 0. The summed E-state index contributed by atoms with van der Waals surface area (Å²) in [7, 11) is -1.27. The average molecular weight is 190 g/mol. The highest BCUT2D eigenvalue weighted by atomic mass is 29.2. The van der Waals surface area contributed by atoms with Crippen molar-refractivity contribution in [3.05, 3.63) is 0 Å². The maximum atomic E-state index is 5.50. The summed E-state index contributed by atoms with van der Waals surface area (Å²) in [4.78, 5) is 0. The molecule has 4 heteroatoms. The van der Waals surface area contributed by atoms with E-state index in [1.165, 1.54) is 6.04 Å². The molecule has 0 aliphatic carbocycles. The minimum atomic E-state index is -0.800. The molecule has 68 valence electrons. The van der Waals surface area contributed by atoms with Crippen molar-refractivity contribution in [2.75, 3.05) is 0 Å². The number of rotatable bonds is 4. The van der Waals surface area contributed by atoms with E-state index >= 15 is 0 Å². The molecule has 0 bridgehead atoms. The molecule has 0 aromatic heterocycles. The van der Waals surface area contributed by atoms with Crippen molar-refractivity contribution in [2.45, 2.75) is 44.8 Å². The fraction of sp³-hybridized carbons (Fsp3) is 1.00. The molecule has 0 aromatic carbocycles. The molecule has 1 unspecified atom stereocenters. The van der Waals surface area contributed by atoms with Crippen LogP contribution in [0, 0.1) is 0 Å². The van der Waals surface area contributed by atoms with Crippen LogP contribution in [0.5, 0.6) is 0 Å². The molecule has 0 saturated carbocycles. The first-order valence-electron chi connectivity index (χ1n) is 4.35. The van der Waals surface area contributed by atoms with Gasteiger partial charge in [0.15, 0.2) is 0 Å². The Hall–Kier alpha value is 0.354. The van der Waals surface area contributed by atoms with Crippen LogP contribution < -0.4 is 11.5 Å². The van der Waals surface area contributed by atoms with Gasteiger partial charge in [0, 0.05) is 15.9 Å². The Bertz CT molecular complexity index is 109. The van der Waals surface area contributed by atoms with E-state index in [2.05, 4.69) is 26.2 Å². The molecule has 0 aromatic rings. The smallest absolute Gasteiger partial charge is 0.0517 e. The predicted molar refractivity (Wildman–Crippen MR) is 57.9 cm³/mol. The molecule has 0 amide bonds. The molecular weight excluding hydrogens is 168 g/mol. The molecule has 0 rings (SSSR count). The average Bonchev–Trinajstić information content (AvgIpc) is 1.80. The van der Waals surface area contributed by atoms with Crippen molar-refractivity contribution >= 4 is 15.9 Å². The molecule has 0 spiro atoms. The lowest BCUT2D eigenvalue weighted by atomic mass is 10.4. The third-order valence-electron chi connectivity index (χ3n) is 2.41. The molecule has 11 heavy (non-hydrogen) atoms. The Balaban J connectivity index is 3.61. The van der Waals surface area contributed by atoms with Crippen molar-refractivity contribution in [1.29, 1.82) is 0 Å². The lowest BCUT2D eigenvalue weighted by Gasteiger charge is -2.24. The third-order valence-corrected chi connectivity index (χ3v) is 16.3. The van der Waals surface area contributed by atoms with Gasteiger partial charge in [0.1, 0.15) is 0 Å². The zero-order chi connectivity index (χ0) is 9.07. The summed E-state index contributed by atoms with van der Waals surface area (Å²) >= 11 is 0. The van der Waals surface area contributed by atoms with Gasteiger partial charge in [-0.05, 0) is 6.42 Å². The van der Waals surface area contributed by atoms with E-state index in [1.807, 2.05) is 0 Å². The van der Waals surface area contributed by atoms with Gasteiger partial charge in [-0.25, -0.2) is 0 Å². The number of hydrogen-bond donors (Lipinski definition) is 2. The van der Waals surface area contributed by atoms with Crippen LogP contribution in [0.2, 0.25) is 32.2 Å². The van der Waals surface area contributed by atoms with Crippen LogP contribution in [0.1, 0.15) is 6.42 Å². The van der Waals surface area contributed by atoms with E-state index in [1.54, 1.807) is 0 Å². The van der Waals surface area contributed by atoms with Gasteiger partial charge >= 0.3 is 0 Å². The molecule has 0 heterocycles. The molecule has 0 saturated heterocycles. The summed E-state index contributed by atoms with van der Waals surface area (Å²) in [5, 5.41) is 0. The molecule has 2 nitrogen and oxygen atoms in total. The Morgan fingerprint density at radius 2 is 1.73 bits per heavy atom. The van der Waals surface area contributed by atoms with Gasteiger partial charge in [0.25, 0.3) is 0 Å². The maximum absolute atomic E-state index is 5.50. The SMILES string of the molecule is C[SiH](CCC(N)N)[Si](C)(C)C. The lowest BCUT2D eigenvalue weighted by Crippen LogP contribution is -2.42. The zero-order valence-corrected chi connectivity index (χ0v) is 10.4. The van der Waals surface area contributed by atoms with Gasteiger partial charge in [-0.15, -0.1) is 0 Å². The van der Waals surface area contributed by atoms with E-state index in [0.29, 0.717) is 0 Å². The van der Waals surface area contributed by atoms with Gasteiger partial charge in [-0.1, -0.05) is 32.2 Å². The summed E-state index contributed by atoms with van der Waals surface area (Å²) in [6.45, 7) is 9.80. The first-order valence-corrected chi connectivity index (χ1v) is 11.6. The monoisotopic (exact) mass is 190 g/mol. The first-order chi connectivity index (χ1) is 4.84. The topological polar surface area (TPSA) is 52.0 Å². The van der Waals surface area contributed by atoms with Gasteiger partial charge in [-0.3, -0.25) is 0 Å². The number of nitrogens with two attached hydrogens (primary N) is 2. The standard InChI is InChI=1S/C7H22N2Si2/c1-10(11(2,3)4)6-5-7(8)9/h7,10H,5-6,8-9H2,1-4H3. The van der Waals surface area contributed by atoms with E-state index in [-0.39, 0.29) is 6.17 Å². The Morgan fingerprint density at radius 3 is 2.00 bits per heavy atom. The minimum Gasteiger partial charge on any atom is -0.316 e. The van der Waals surface area contributed by atoms with E-state index in [4.69, 9.17) is 11.5 Å². The lowest BCUT2D eigenvalue weighted by molar-refractivity contribution is 0.679. The fourth-order valence-electron chi connectivity index (χ4n) is 0.875. The molecule has 4 N–H and O–H groups in total. The fourth-order valence-corrected chi connectivity index (χ4v) is 5.72. The van der Waals surface area contributed by atoms with Crippen LogP contribution in [0.25, 0.3) is 0 Å². The third kappa shape index (κ3) is 5.61. The van der Waals surface area contributed by atoms with Gasteiger partial charge < -0.3 is 11.5 Å². The predicted octanol–water partition coefficient (Wildman–Crippen LogP) is 0.893. The summed E-state index contributed by atoms with van der Waals surface area (Å²) in [6.07, 6.45) is 0.943. The Morgan fingerprint density at radius 1 is 1.27 bits per heavy atom. The highest BCUT2D eigenvalue weighted by Gasteiger charge is 2.23. The van der Waals surface area contributed by atoms with Crippen molar-refractivity contribution in [2.24, 2.45) is 11.5 Å². The Kier molecular flexibility index (Phi) is 4.54. The normalized spacial score (nSPS) is 15.5. The van der Waals surface area contributed by atoms with Crippen LogP contribution in [0.3, 0.4) is 0 Å². The highest BCUT2D eigenvalue weighted by molar-refractivity contribution is 7.31. The van der Waals surface area contributed by atoms with Crippen molar-refractivity contribution in [3.63, 3.8) is 0 Å².